The Bertz CT molecular complexity index is 3000. The smallest absolute Gasteiger partial charge is 0.150 e. The fourth-order valence-electron chi connectivity index (χ4n) is 8.28. The molecule has 0 spiro atoms. The summed E-state index contributed by atoms with van der Waals surface area (Å²) in [5.41, 5.74) is 9.90. The van der Waals surface area contributed by atoms with E-state index in [-0.39, 0.29) is 12.1 Å². The first-order chi connectivity index (χ1) is 26.8. The van der Waals surface area contributed by atoms with Crippen LogP contribution in [0, 0.1) is 5.92 Å². The summed E-state index contributed by atoms with van der Waals surface area (Å²) in [7, 11) is 0. The van der Waals surface area contributed by atoms with E-state index in [1.54, 1.807) is 0 Å². The van der Waals surface area contributed by atoms with Gasteiger partial charge in [0.1, 0.15) is 34.0 Å². The van der Waals surface area contributed by atoms with Gasteiger partial charge in [-0.05, 0) is 35.1 Å². The summed E-state index contributed by atoms with van der Waals surface area (Å²) in [5, 5.41) is 10.2. The van der Waals surface area contributed by atoms with E-state index in [9.17, 15) is 0 Å². The van der Waals surface area contributed by atoms with Crippen molar-refractivity contribution in [3.8, 4) is 11.1 Å². The van der Waals surface area contributed by atoms with Crippen molar-refractivity contribution in [2.45, 2.75) is 12.6 Å². The molecular formula is C49H33N3O2. The molecule has 11 rings (SSSR count). The molecule has 2 aliphatic rings. The van der Waals surface area contributed by atoms with Crippen LogP contribution >= 0.6 is 0 Å². The van der Waals surface area contributed by atoms with Gasteiger partial charge < -0.3 is 14.2 Å². The maximum absolute atomic E-state index is 6.99. The first kappa shape index (κ1) is 30.6. The highest BCUT2D eigenvalue weighted by molar-refractivity contribution is 6.21. The van der Waals surface area contributed by atoms with E-state index in [1.807, 2.05) is 36.4 Å². The van der Waals surface area contributed by atoms with E-state index in [0.29, 0.717) is 0 Å². The molecule has 9 aromatic rings. The molecule has 7 aromatic carbocycles. The third-order valence-electron chi connectivity index (χ3n) is 10.8. The Morgan fingerprint density at radius 2 is 1.13 bits per heavy atom. The van der Waals surface area contributed by atoms with Crippen LogP contribution in [-0.2, 0) is 0 Å². The Hall–Kier alpha value is -6.98. The minimum absolute atomic E-state index is 0.0581. The summed E-state index contributed by atoms with van der Waals surface area (Å²) in [6.45, 7) is 0. The predicted octanol–water partition coefficient (Wildman–Crippen LogP) is 12.1. The van der Waals surface area contributed by atoms with Crippen molar-refractivity contribution in [2.75, 3.05) is 0 Å². The van der Waals surface area contributed by atoms with Crippen LogP contribution < -0.4 is 5.32 Å². The van der Waals surface area contributed by atoms with Crippen molar-refractivity contribution in [3.05, 3.63) is 187 Å². The van der Waals surface area contributed by atoms with E-state index >= 15 is 0 Å². The molecule has 0 saturated carbocycles. The number of fused-ring (bicyclic) bond motifs is 8. The number of rotatable bonds is 5. The quantitative estimate of drug-likeness (QED) is 0.195. The van der Waals surface area contributed by atoms with E-state index in [4.69, 9.17) is 18.8 Å². The van der Waals surface area contributed by atoms with Crippen LogP contribution in [-0.4, -0.2) is 17.8 Å². The summed E-state index contributed by atoms with van der Waals surface area (Å²) < 4.78 is 13.5. The van der Waals surface area contributed by atoms with Gasteiger partial charge in [0.25, 0.3) is 0 Å². The minimum Gasteiger partial charge on any atom is -0.455 e. The van der Waals surface area contributed by atoms with Crippen molar-refractivity contribution >= 4 is 71.9 Å². The SMILES string of the molecule is C1=CC(c2cccc3c2oc2c(-c4cccc5oc6c7ccccc7ccc6c45)cccc23)=CC(C2N=C(c3ccccc3)NC(c3ccccc3)=N2)C1. The second kappa shape index (κ2) is 12.3. The number of amidine groups is 2. The molecule has 5 nitrogen and oxygen atoms in total. The number of aliphatic imine (C=N–C) groups is 2. The van der Waals surface area contributed by atoms with Gasteiger partial charge in [0.05, 0.1) is 0 Å². The topological polar surface area (TPSA) is 63.0 Å². The van der Waals surface area contributed by atoms with Crippen molar-refractivity contribution in [3.63, 3.8) is 0 Å². The van der Waals surface area contributed by atoms with E-state index < -0.39 is 0 Å². The zero-order valence-corrected chi connectivity index (χ0v) is 29.2. The molecule has 1 aliphatic heterocycles. The minimum atomic E-state index is -0.291. The molecule has 5 heteroatoms. The molecule has 1 atom stereocenters. The summed E-state index contributed by atoms with van der Waals surface area (Å²) in [4.78, 5) is 10.4. The Morgan fingerprint density at radius 3 is 1.89 bits per heavy atom. The van der Waals surface area contributed by atoms with Gasteiger partial charge in [-0.15, -0.1) is 0 Å². The number of para-hydroxylation sites is 2. The van der Waals surface area contributed by atoms with Gasteiger partial charge in [0.15, 0.2) is 6.17 Å². The fourth-order valence-corrected chi connectivity index (χ4v) is 8.28. The first-order valence-corrected chi connectivity index (χ1v) is 18.5. The molecule has 54 heavy (non-hydrogen) atoms. The van der Waals surface area contributed by atoms with Crippen molar-refractivity contribution in [1.82, 2.24) is 5.32 Å². The third-order valence-corrected chi connectivity index (χ3v) is 10.8. The van der Waals surface area contributed by atoms with E-state index in [0.717, 1.165) is 106 Å². The molecule has 1 aliphatic carbocycles. The zero-order chi connectivity index (χ0) is 35.6. The van der Waals surface area contributed by atoms with Crippen LogP contribution in [0.15, 0.2) is 189 Å². The van der Waals surface area contributed by atoms with Crippen molar-refractivity contribution < 1.29 is 8.83 Å². The standard InChI is InChI=1S/C49H33N3O2/c1-3-14-31(15-4-1)47-50-48(32-16-5-2-6-17-32)52-49(51-47)34-19-9-18-33(29-34)36-21-10-24-39-40-25-11-23-38(46(40)54-44(36)39)37-22-12-26-42-43(37)41-28-27-30-13-7-8-20-35(30)45(41)53-42/h1-18,20-29,34,49H,19H2,(H,50,51,52). The number of allylic oxidation sites excluding steroid dienone is 3. The van der Waals surface area contributed by atoms with Gasteiger partial charge in [0, 0.05) is 55.1 Å². The molecule has 0 radical (unpaired) electrons. The number of furan rings is 2. The normalized spacial score (nSPS) is 16.2. The van der Waals surface area contributed by atoms with Gasteiger partial charge in [-0.3, -0.25) is 0 Å². The third kappa shape index (κ3) is 4.93. The lowest BCUT2D eigenvalue weighted by atomic mass is 9.89. The lowest BCUT2D eigenvalue weighted by Gasteiger charge is -2.27. The van der Waals surface area contributed by atoms with E-state index in [1.165, 1.54) is 0 Å². The average molecular weight is 696 g/mol. The summed E-state index contributed by atoms with van der Waals surface area (Å²) in [6.07, 6.45) is 7.34. The lowest BCUT2D eigenvalue weighted by Crippen LogP contribution is -2.39. The Kier molecular flexibility index (Phi) is 6.99. The largest absolute Gasteiger partial charge is 0.455 e. The molecule has 1 unspecified atom stereocenters. The molecule has 0 bridgehead atoms. The van der Waals surface area contributed by atoms with Crippen LogP contribution in [0.5, 0.6) is 0 Å². The predicted molar refractivity (Wildman–Crippen MR) is 222 cm³/mol. The molecule has 0 fully saturated rings. The van der Waals surface area contributed by atoms with Crippen LogP contribution in [0.1, 0.15) is 23.1 Å². The average Bonchev–Trinajstić information content (AvgIpc) is 3.83. The summed E-state index contributed by atoms with van der Waals surface area (Å²) in [5.74, 6) is 1.72. The van der Waals surface area contributed by atoms with Gasteiger partial charge >= 0.3 is 0 Å². The molecule has 256 valence electrons. The van der Waals surface area contributed by atoms with Gasteiger partial charge in [-0.25, -0.2) is 9.98 Å². The lowest BCUT2D eigenvalue weighted by molar-refractivity contribution is 0.518. The molecule has 2 aromatic heterocycles. The first-order valence-electron chi connectivity index (χ1n) is 18.5. The maximum atomic E-state index is 6.99. The highest BCUT2D eigenvalue weighted by atomic mass is 16.3. The highest BCUT2D eigenvalue weighted by Crippen LogP contribution is 2.44. The van der Waals surface area contributed by atoms with Crippen LogP contribution in [0.2, 0.25) is 0 Å². The Balaban J connectivity index is 1.04. The monoisotopic (exact) mass is 695 g/mol. The molecular weight excluding hydrogens is 663 g/mol. The number of hydrogen-bond acceptors (Lipinski definition) is 5. The Morgan fingerprint density at radius 1 is 0.500 bits per heavy atom. The number of nitrogens with one attached hydrogen (secondary N) is 1. The van der Waals surface area contributed by atoms with Crippen LogP contribution in [0.25, 0.3) is 71.3 Å². The van der Waals surface area contributed by atoms with E-state index in [2.05, 4.69) is 139 Å². The maximum Gasteiger partial charge on any atom is 0.150 e. The molecule has 0 saturated heterocycles. The summed E-state index contributed by atoms with van der Waals surface area (Å²) in [6, 6.07) is 52.6. The van der Waals surface area contributed by atoms with Crippen LogP contribution in [0.4, 0.5) is 0 Å². The number of hydrogen-bond donors (Lipinski definition) is 1. The van der Waals surface area contributed by atoms with Crippen molar-refractivity contribution in [2.24, 2.45) is 15.9 Å². The second-order valence-corrected chi connectivity index (χ2v) is 14.1. The van der Waals surface area contributed by atoms with Crippen molar-refractivity contribution in [1.29, 1.82) is 0 Å². The second-order valence-electron chi connectivity index (χ2n) is 14.1. The fraction of sp³-hybridized carbons (Fsp3) is 0.0612. The summed E-state index contributed by atoms with van der Waals surface area (Å²) >= 11 is 0. The highest BCUT2D eigenvalue weighted by Gasteiger charge is 2.27. The molecule has 1 N–H and O–H groups in total. The Labute approximate surface area is 311 Å². The van der Waals surface area contributed by atoms with Gasteiger partial charge in [0.2, 0.25) is 0 Å². The zero-order valence-electron chi connectivity index (χ0n) is 29.2. The van der Waals surface area contributed by atoms with Gasteiger partial charge in [-0.1, -0.05) is 158 Å². The number of benzene rings is 7. The molecule has 0 amide bonds. The molecule has 3 heterocycles. The number of nitrogens with zero attached hydrogens (tertiary/aromatic N) is 2. The van der Waals surface area contributed by atoms with Crippen LogP contribution in [0.3, 0.4) is 0 Å². The van der Waals surface area contributed by atoms with Gasteiger partial charge in [-0.2, -0.15) is 0 Å².